The van der Waals surface area contributed by atoms with Crippen LogP contribution >= 0.6 is 12.4 Å². The maximum absolute atomic E-state index is 12.8. The first-order valence-electron chi connectivity index (χ1n) is 3.22. The Hall–Kier alpha value is -1.09. The van der Waals surface area contributed by atoms with E-state index < -0.39 is 5.82 Å². The zero-order chi connectivity index (χ0) is 8.43. The second-order valence-electron chi connectivity index (χ2n) is 2.40. The molecule has 0 heterocycles. The predicted octanol–water partition coefficient (Wildman–Crippen LogP) is 1.84. The van der Waals surface area contributed by atoms with Gasteiger partial charge in [0.05, 0.1) is 5.56 Å². The molecule has 0 spiro atoms. The van der Waals surface area contributed by atoms with Gasteiger partial charge >= 0.3 is 0 Å². The van der Waals surface area contributed by atoms with Gasteiger partial charge in [-0.1, -0.05) is 11.6 Å². The molecule has 0 aliphatic rings. The largest absolute Gasteiger partial charge is 0.384 e. The van der Waals surface area contributed by atoms with Crippen LogP contribution in [-0.2, 0) is 0 Å². The molecule has 0 unspecified atom stereocenters. The van der Waals surface area contributed by atoms with Gasteiger partial charge in [-0.15, -0.1) is 12.4 Å². The molecule has 0 radical (unpaired) electrons. The number of nitrogens with two attached hydrogens (primary N) is 1. The molecule has 0 bridgehead atoms. The van der Waals surface area contributed by atoms with E-state index in [0.717, 1.165) is 5.56 Å². The van der Waals surface area contributed by atoms with Gasteiger partial charge in [-0.25, -0.2) is 4.39 Å². The molecule has 3 N–H and O–H groups in total. The number of rotatable bonds is 1. The fourth-order valence-corrected chi connectivity index (χ4v) is 0.846. The van der Waals surface area contributed by atoms with Gasteiger partial charge in [0, 0.05) is 0 Å². The highest BCUT2D eigenvalue weighted by Crippen LogP contribution is 2.08. The normalized spacial score (nSPS) is 8.83. The number of hydrogen-bond donors (Lipinski definition) is 2. The van der Waals surface area contributed by atoms with Crippen molar-refractivity contribution in [2.75, 3.05) is 0 Å². The van der Waals surface area contributed by atoms with Crippen molar-refractivity contribution in [3.05, 3.63) is 35.1 Å². The molecule has 0 aliphatic heterocycles. The van der Waals surface area contributed by atoms with E-state index in [4.69, 9.17) is 11.1 Å². The second kappa shape index (κ2) is 4.07. The van der Waals surface area contributed by atoms with Gasteiger partial charge in [0.15, 0.2) is 0 Å². The summed E-state index contributed by atoms with van der Waals surface area (Å²) in [6.45, 7) is 1.83. The standard InChI is InChI=1S/C8H9FN2.ClH/c1-5-2-3-7(9)6(4-5)8(10)11;/h2-4H,1H3,(H3,10,11);1H. The lowest BCUT2D eigenvalue weighted by Crippen LogP contribution is -2.13. The number of nitrogens with one attached hydrogen (secondary N) is 1. The molecular formula is C8H10ClFN2. The van der Waals surface area contributed by atoms with Gasteiger partial charge in [0.2, 0.25) is 0 Å². The molecule has 1 rings (SSSR count). The van der Waals surface area contributed by atoms with Gasteiger partial charge in [-0.2, -0.15) is 0 Å². The van der Waals surface area contributed by atoms with Crippen molar-refractivity contribution >= 4 is 18.2 Å². The lowest BCUT2D eigenvalue weighted by molar-refractivity contribution is 0.624. The quantitative estimate of drug-likeness (QED) is 0.513. The van der Waals surface area contributed by atoms with Gasteiger partial charge < -0.3 is 5.73 Å². The van der Waals surface area contributed by atoms with E-state index in [1.165, 1.54) is 6.07 Å². The Morgan fingerprint density at radius 3 is 2.50 bits per heavy atom. The SMILES string of the molecule is Cc1ccc(F)c(C(=N)N)c1.Cl. The molecule has 2 nitrogen and oxygen atoms in total. The van der Waals surface area contributed by atoms with Crippen LogP contribution in [0.5, 0.6) is 0 Å². The van der Waals surface area contributed by atoms with Crippen molar-refractivity contribution in [1.82, 2.24) is 0 Å². The lowest BCUT2D eigenvalue weighted by Gasteiger charge is -2.00. The average molecular weight is 189 g/mol. The molecule has 1 aromatic carbocycles. The lowest BCUT2D eigenvalue weighted by atomic mass is 10.1. The number of halogens is 2. The van der Waals surface area contributed by atoms with E-state index in [9.17, 15) is 4.39 Å². The minimum Gasteiger partial charge on any atom is -0.384 e. The summed E-state index contributed by atoms with van der Waals surface area (Å²) < 4.78 is 12.8. The van der Waals surface area contributed by atoms with Crippen molar-refractivity contribution in [2.45, 2.75) is 6.92 Å². The molecule has 0 amide bonds. The first-order valence-corrected chi connectivity index (χ1v) is 3.22. The molecule has 0 aromatic heterocycles. The van der Waals surface area contributed by atoms with Crippen LogP contribution in [0.1, 0.15) is 11.1 Å². The van der Waals surface area contributed by atoms with Crippen LogP contribution < -0.4 is 5.73 Å². The van der Waals surface area contributed by atoms with Crippen molar-refractivity contribution in [3.8, 4) is 0 Å². The summed E-state index contributed by atoms with van der Waals surface area (Å²) >= 11 is 0. The third-order valence-electron chi connectivity index (χ3n) is 1.41. The second-order valence-corrected chi connectivity index (χ2v) is 2.40. The zero-order valence-corrected chi connectivity index (χ0v) is 7.41. The summed E-state index contributed by atoms with van der Waals surface area (Å²) in [7, 11) is 0. The summed E-state index contributed by atoms with van der Waals surface area (Å²) in [4.78, 5) is 0. The monoisotopic (exact) mass is 188 g/mol. The summed E-state index contributed by atoms with van der Waals surface area (Å²) in [6, 6.07) is 4.51. The molecular weight excluding hydrogens is 179 g/mol. The highest BCUT2D eigenvalue weighted by molar-refractivity contribution is 5.95. The first-order chi connectivity index (χ1) is 5.11. The summed E-state index contributed by atoms with van der Waals surface area (Å²) in [5, 5.41) is 7.01. The number of hydrogen-bond acceptors (Lipinski definition) is 1. The number of benzene rings is 1. The molecule has 12 heavy (non-hydrogen) atoms. The van der Waals surface area contributed by atoms with E-state index in [1.54, 1.807) is 12.1 Å². The van der Waals surface area contributed by atoms with Gasteiger partial charge in [0.1, 0.15) is 11.7 Å². The fraction of sp³-hybridized carbons (Fsp3) is 0.125. The minimum absolute atomic E-state index is 0. The third kappa shape index (κ3) is 2.20. The van der Waals surface area contributed by atoms with E-state index >= 15 is 0 Å². The Bertz CT molecular complexity index is 299. The molecule has 0 atom stereocenters. The van der Waals surface area contributed by atoms with E-state index in [1.807, 2.05) is 6.92 Å². The Kier molecular flexibility index (Phi) is 3.70. The average Bonchev–Trinajstić information content (AvgIpc) is 1.94. The molecule has 0 fully saturated rings. The summed E-state index contributed by atoms with van der Waals surface area (Å²) in [6.07, 6.45) is 0. The van der Waals surface area contributed by atoms with Crippen molar-refractivity contribution < 1.29 is 4.39 Å². The van der Waals surface area contributed by atoms with Crippen LogP contribution in [0.3, 0.4) is 0 Å². The third-order valence-corrected chi connectivity index (χ3v) is 1.41. The highest BCUT2D eigenvalue weighted by Gasteiger charge is 2.03. The van der Waals surface area contributed by atoms with Crippen LogP contribution in [0.2, 0.25) is 0 Å². The Balaban J connectivity index is 0.00000121. The molecule has 0 saturated carbocycles. The number of aryl methyl sites for hydroxylation is 1. The first kappa shape index (κ1) is 10.9. The van der Waals surface area contributed by atoms with Crippen molar-refractivity contribution in [2.24, 2.45) is 5.73 Å². The Morgan fingerprint density at radius 1 is 1.50 bits per heavy atom. The van der Waals surface area contributed by atoms with Gasteiger partial charge in [-0.05, 0) is 19.1 Å². The van der Waals surface area contributed by atoms with E-state index in [-0.39, 0.29) is 23.8 Å². The van der Waals surface area contributed by atoms with Crippen LogP contribution in [0, 0.1) is 18.2 Å². The fourth-order valence-electron chi connectivity index (χ4n) is 0.846. The molecule has 66 valence electrons. The smallest absolute Gasteiger partial charge is 0.134 e. The number of nitrogen functional groups attached to an aromatic ring is 1. The topological polar surface area (TPSA) is 49.9 Å². The van der Waals surface area contributed by atoms with Crippen LogP contribution in [0.4, 0.5) is 4.39 Å². The molecule has 0 aliphatic carbocycles. The predicted molar refractivity (Wildman–Crippen MR) is 49.4 cm³/mol. The van der Waals surface area contributed by atoms with Gasteiger partial charge in [0.25, 0.3) is 0 Å². The van der Waals surface area contributed by atoms with Crippen molar-refractivity contribution in [3.63, 3.8) is 0 Å². The van der Waals surface area contributed by atoms with Crippen LogP contribution in [0.15, 0.2) is 18.2 Å². The molecule has 1 aromatic rings. The van der Waals surface area contributed by atoms with E-state index in [0.29, 0.717) is 0 Å². The zero-order valence-electron chi connectivity index (χ0n) is 6.60. The van der Waals surface area contributed by atoms with E-state index in [2.05, 4.69) is 0 Å². The molecule has 0 saturated heterocycles. The maximum atomic E-state index is 12.8. The summed E-state index contributed by atoms with van der Waals surface area (Å²) in [5.74, 6) is -0.672. The highest BCUT2D eigenvalue weighted by atomic mass is 35.5. The maximum Gasteiger partial charge on any atom is 0.134 e. The van der Waals surface area contributed by atoms with Crippen LogP contribution in [0.25, 0.3) is 0 Å². The number of amidine groups is 1. The van der Waals surface area contributed by atoms with Gasteiger partial charge in [-0.3, -0.25) is 5.41 Å². The summed E-state index contributed by atoms with van der Waals surface area (Å²) in [5.41, 5.74) is 6.20. The van der Waals surface area contributed by atoms with Crippen molar-refractivity contribution in [1.29, 1.82) is 5.41 Å². The Labute approximate surface area is 76.5 Å². The minimum atomic E-state index is -0.442. The Morgan fingerprint density at radius 2 is 2.08 bits per heavy atom. The molecule has 4 heteroatoms. The van der Waals surface area contributed by atoms with Crippen LogP contribution in [-0.4, -0.2) is 5.84 Å².